The standard InChI is InChI=1S/C17H19N3O2/c1-20(17(21)7-6-14-11-18-8-9-19-14)12-15-10-13-4-2-3-5-16(13)22-15/h2-5,8-9,11,15H,6-7,10,12H2,1H3. The van der Waals surface area contributed by atoms with Gasteiger partial charge in [0.25, 0.3) is 0 Å². The number of hydrogen-bond acceptors (Lipinski definition) is 4. The van der Waals surface area contributed by atoms with E-state index >= 15 is 0 Å². The van der Waals surface area contributed by atoms with E-state index in [2.05, 4.69) is 16.0 Å². The van der Waals surface area contributed by atoms with Crippen molar-refractivity contribution in [2.24, 2.45) is 0 Å². The molecule has 1 amide bonds. The molecule has 2 aromatic rings. The second kappa shape index (κ2) is 6.56. The normalized spacial score (nSPS) is 16.0. The van der Waals surface area contributed by atoms with Crippen LogP contribution in [0.2, 0.25) is 0 Å². The lowest BCUT2D eigenvalue weighted by atomic mass is 10.1. The van der Waals surface area contributed by atoms with Gasteiger partial charge >= 0.3 is 0 Å². The molecule has 3 rings (SSSR count). The molecule has 114 valence electrons. The van der Waals surface area contributed by atoms with Crippen molar-refractivity contribution in [3.05, 3.63) is 54.1 Å². The summed E-state index contributed by atoms with van der Waals surface area (Å²) in [5.74, 6) is 1.04. The molecule has 0 spiro atoms. The van der Waals surface area contributed by atoms with E-state index < -0.39 is 0 Å². The maximum absolute atomic E-state index is 12.2. The first-order valence-electron chi connectivity index (χ1n) is 7.46. The number of ether oxygens (including phenoxy) is 1. The molecule has 0 N–H and O–H groups in total. The zero-order valence-corrected chi connectivity index (χ0v) is 12.6. The maximum Gasteiger partial charge on any atom is 0.222 e. The van der Waals surface area contributed by atoms with Gasteiger partial charge in [0, 0.05) is 38.5 Å². The molecule has 1 aliphatic rings. The molecule has 1 aromatic carbocycles. The Morgan fingerprint density at radius 3 is 3.00 bits per heavy atom. The number of fused-ring (bicyclic) bond motifs is 1. The number of rotatable bonds is 5. The molecule has 0 aliphatic carbocycles. The minimum absolute atomic E-state index is 0.0443. The first-order valence-corrected chi connectivity index (χ1v) is 7.46. The minimum Gasteiger partial charge on any atom is -0.488 e. The molecule has 1 atom stereocenters. The van der Waals surface area contributed by atoms with Crippen molar-refractivity contribution >= 4 is 5.91 Å². The highest BCUT2D eigenvalue weighted by atomic mass is 16.5. The number of para-hydroxylation sites is 1. The van der Waals surface area contributed by atoms with Crippen molar-refractivity contribution in [3.8, 4) is 5.75 Å². The third-order valence-electron chi connectivity index (χ3n) is 3.83. The van der Waals surface area contributed by atoms with Crippen molar-refractivity contribution in [2.75, 3.05) is 13.6 Å². The number of hydrogen-bond donors (Lipinski definition) is 0. The summed E-state index contributed by atoms with van der Waals surface area (Å²) in [6, 6.07) is 8.04. The third-order valence-corrected chi connectivity index (χ3v) is 3.83. The first kappa shape index (κ1) is 14.5. The smallest absolute Gasteiger partial charge is 0.222 e. The second-order valence-corrected chi connectivity index (χ2v) is 5.52. The van der Waals surface area contributed by atoms with E-state index in [0.29, 0.717) is 19.4 Å². The number of aryl methyl sites for hydroxylation is 1. The molecular weight excluding hydrogens is 278 g/mol. The van der Waals surface area contributed by atoms with Gasteiger partial charge in [-0.2, -0.15) is 0 Å². The Morgan fingerprint density at radius 2 is 2.23 bits per heavy atom. The van der Waals surface area contributed by atoms with Crippen LogP contribution in [0.15, 0.2) is 42.9 Å². The quantitative estimate of drug-likeness (QED) is 0.845. The van der Waals surface area contributed by atoms with Gasteiger partial charge in [0.15, 0.2) is 0 Å². The summed E-state index contributed by atoms with van der Waals surface area (Å²) in [5, 5.41) is 0. The number of nitrogens with zero attached hydrogens (tertiary/aromatic N) is 3. The van der Waals surface area contributed by atoms with Gasteiger partial charge in [0.2, 0.25) is 5.91 Å². The highest BCUT2D eigenvalue weighted by Gasteiger charge is 2.24. The largest absolute Gasteiger partial charge is 0.488 e. The molecule has 1 unspecified atom stereocenters. The predicted molar refractivity (Wildman–Crippen MR) is 82.6 cm³/mol. The first-order chi connectivity index (χ1) is 10.7. The Balaban J connectivity index is 1.48. The molecule has 0 bridgehead atoms. The Morgan fingerprint density at radius 1 is 1.36 bits per heavy atom. The van der Waals surface area contributed by atoms with E-state index in [-0.39, 0.29) is 12.0 Å². The molecule has 5 heteroatoms. The van der Waals surface area contributed by atoms with Gasteiger partial charge < -0.3 is 9.64 Å². The summed E-state index contributed by atoms with van der Waals surface area (Å²) < 4.78 is 5.87. The topological polar surface area (TPSA) is 55.3 Å². The lowest BCUT2D eigenvalue weighted by Crippen LogP contribution is -2.36. The summed E-state index contributed by atoms with van der Waals surface area (Å²) >= 11 is 0. The Kier molecular flexibility index (Phi) is 4.32. The van der Waals surface area contributed by atoms with E-state index in [1.807, 2.05) is 25.2 Å². The fourth-order valence-corrected chi connectivity index (χ4v) is 2.65. The SMILES string of the molecule is CN(CC1Cc2ccccc2O1)C(=O)CCc1cnccn1. The van der Waals surface area contributed by atoms with Crippen molar-refractivity contribution in [1.82, 2.24) is 14.9 Å². The monoisotopic (exact) mass is 297 g/mol. The highest BCUT2D eigenvalue weighted by Crippen LogP contribution is 2.28. The summed E-state index contributed by atoms with van der Waals surface area (Å²) in [6.45, 7) is 0.605. The van der Waals surface area contributed by atoms with Crippen LogP contribution < -0.4 is 4.74 Å². The van der Waals surface area contributed by atoms with Crippen LogP contribution in [0.1, 0.15) is 17.7 Å². The lowest BCUT2D eigenvalue weighted by molar-refractivity contribution is -0.130. The van der Waals surface area contributed by atoms with Gasteiger partial charge in [0.05, 0.1) is 12.2 Å². The average Bonchev–Trinajstić information content (AvgIpc) is 2.95. The minimum atomic E-state index is 0.0443. The zero-order chi connectivity index (χ0) is 15.4. The Labute approximate surface area is 130 Å². The van der Waals surface area contributed by atoms with Crippen LogP contribution in [0.25, 0.3) is 0 Å². The highest BCUT2D eigenvalue weighted by molar-refractivity contribution is 5.76. The molecule has 0 saturated carbocycles. The van der Waals surface area contributed by atoms with Crippen LogP contribution in [0.3, 0.4) is 0 Å². The van der Waals surface area contributed by atoms with Crippen LogP contribution in [0.4, 0.5) is 0 Å². The van der Waals surface area contributed by atoms with Crippen LogP contribution >= 0.6 is 0 Å². The molecule has 2 heterocycles. The summed E-state index contributed by atoms with van der Waals surface area (Å²) in [5.41, 5.74) is 2.06. The van der Waals surface area contributed by atoms with E-state index in [0.717, 1.165) is 17.9 Å². The van der Waals surface area contributed by atoms with E-state index in [4.69, 9.17) is 4.74 Å². The Hall–Kier alpha value is -2.43. The molecule has 5 nitrogen and oxygen atoms in total. The van der Waals surface area contributed by atoms with Crippen LogP contribution in [-0.4, -0.2) is 40.5 Å². The fourth-order valence-electron chi connectivity index (χ4n) is 2.65. The molecule has 0 saturated heterocycles. The van der Waals surface area contributed by atoms with Crippen molar-refractivity contribution in [1.29, 1.82) is 0 Å². The van der Waals surface area contributed by atoms with Gasteiger partial charge in [-0.3, -0.25) is 14.8 Å². The molecule has 22 heavy (non-hydrogen) atoms. The molecule has 0 radical (unpaired) electrons. The predicted octanol–water partition coefficient (Wildman–Crippen LogP) is 1.87. The van der Waals surface area contributed by atoms with Crippen molar-refractivity contribution in [3.63, 3.8) is 0 Å². The number of amides is 1. The summed E-state index contributed by atoms with van der Waals surface area (Å²) in [6.07, 6.45) is 6.93. The number of carbonyl (C=O) groups is 1. The second-order valence-electron chi connectivity index (χ2n) is 5.52. The lowest BCUT2D eigenvalue weighted by Gasteiger charge is -2.21. The van der Waals surface area contributed by atoms with Gasteiger partial charge in [-0.1, -0.05) is 18.2 Å². The third kappa shape index (κ3) is 3.42. The number of likely N-dealkylation sites (N-methyl/N-ethyl adjacent to an activating group) is 1. The van der Waals surface area contributed by atoms with Gasteiger partial charge in [-0.15, -0.1) is 0 Å². The van der Waals surface area contributed by atoms with E-state index in [1.54, 1.807) is 23.5 Å². The number of aromatic nitrogens is 2. The summed E-state index contributed by atoms with van der Waals surface area (Å²) in [4.78, 5) is 22.1. The van der Waals surface area contributed by atoms with Crippen molar-refractivity contribution in [2.45, 2.75) is 25.4 Å². The van der Waals surface area contributed by atoms with E-state index in [1.165, 1.54) is 5.56 Å². The summed E-state index contributed by atoms with van der Waals surface area (Å²) in [7, 11) is 1.82. The number of carbonyl (C=O) groups excluding carboxylic acids is 1. The average molecular weight is 297 g/mol. The molecule has 0 fully saturated rings. The number of benzene rings is 1. The zero-order valence-electron chi connectivity index (χ0n) is 12.6. The fraction of sp³-hybridized carbons (Fsp3) is 0.353. The van der Waals surface area contributed by atoms with E-state index in [9.17, 15) is 4.79 Å². The maximum atomic E-state index is 12.2. The molecular formula is C17H19N3O2. The van der Waals surface area contributed by atoms with Gasteiger partial charge in [0.1, 0.15) is 11.9 Å². The van der Waals surface area contributed by atoms with Crippen LogP contribution in [0.5, 0.6) is 5.75 Å². The molecule has 1 aliphatic heterocycles. The van der Waals surface area contributed by atoms with Crippen LogP contribution in [0, 0.1) is 0 Å². The van der Waals surface area contributed by atoms with Gasteiger partial charge in [-0.25, -0.2) is 0 Å². The Bertz CT molecular complexity index is 620. The van der Waals surface area contributed by atoms with Crippen LogP contribution in [-0.2, 0) is 17.6 Å². The van der Waals surface area contributed by atoms with Crippen molar-refractivity contribution < 1.29 is 9.53 Å². The van der Waals surface area contributed by atoms with Gasteiger partial charge in [-0.05, 0) is 18.1 Å². The molecule has 1 aromatic heterocycles.